The molecule has 110 valence electrons. The number of hydrogen-bond donors (Lipinski definition) is 1. The summed E-state index contributed by atoms with van der Waals surface area (Å²) >= 11 is 1.11. The molecule has 0 spiro atoms. The van der Waals surface area contributed by atoms with Crippen molar-refractivity contribution in [3.8, 4) is 0 Å². The molecule has 21 heavy (non-hydrogen) atoms. The fourth-order valence-corrected chi connectivity index (χ4v) is 2.67. The third kappa shape index (κ3) is 3.46. The third-order valence-electron chi connectivity index (χ3n) is 3.01. The van der Waals surface area contributed by atoms with Crippen molar-refractivity contribution >= 4 is 28.3 Å². The molecule has 1 aromatic carbocycles. The van der Waals surface area contributed by atoms with Gasteiger partial charge in [-0.05, 0) is 31.0 Å². The van der Waals surface area contributed by atoms with Gasteiger partial charge in [0.25, 0.3) is 5.91 Å². The number of nitrogens with one attached hydrogen (secondary N) is 1. The molecule has 6 heteroatoms. The van der Waals surface area contributed by atoms with E-state index in [1.54, 1.807) is 19.1 Å². The van der Waals surface area contributed by atoms with Crippen LogP contribution in [-0.4, -0.2) is 24.0 Å². The minimum Gasteiger partial charge on any atom is -0.465 e. The van der Waals surface area contributed by atoms with Gasteiger partial charge < -0.3 is 4.74 Å². The number of aryl methyl sites for hydroxylation is 2. The molecule has 0 atom stereocenters. The number of thiazole rings is 1. The van der Waals surface area contributed by atoms with Crippen molar-refractivity contribution in [2.45, 2.75) is 20.3 Å². The predicted octanol–water partition coefficient (Wildman–Crippen LogP) is 3.05. The standard InChI is InChI=1S/C15H16N2O3S/c1-4-10-5-7-11(8-6-10)13(18)17-15-16-9(2)12(21-15)14(19)20-3/h5-8H,4H2,1-3H3,(H,16,17,18). The first kappa shape index (κ1) is 15.2. The Morgan fingerprint density at radius 3 is 2.52 bits per heavy atom. The Kier molecular flexibility index (Phi) is 4.70. The van der Waals surface area contributed by atoms with E-state index in [-0.39, 0.29) is 5.91 Å². The molecular formula is C15H16N2O3S. The fourth-order valence-electron chi connectivity index (χ4n) is 1.79. The molecule has 0 radical (unpaired) electrons. The Morgan fingerprint density at radius 1 is 1.29 bits per heavy atom. The first-order valence-electron chi connectivity index (χ1n) is 6.51. The second-order valence-corrected chi connectivity index (χ2v) is 5.43. The molecule has 1 aromatic heterocycles. The maximum atomic E-state index is 12.1. The van der Waals surface area contributed by atoms with Crippen molar-refractivity contribution in [2.24, 2.45) is 0 Å². The number of carbonyl (C=O) groups excluding carboxylic acids is 2. The van der Waals surface area contributed by atoms with Crippen molar-refractivity contribution in [1.82, 2.24) is 4.98 Å². The molecular weight excluding hydrogens is 288 g/mol. The van der Waals surface area contributed by atoms with Gasteiger partial charge in [0.05, 0.1) is 12.8 Å². The zero-order valence-electron chi connectivity index (χ0n) is 12.1. The van der Waals surface area contributed by atoms with Gasteiger partial charge in [-0.2, -0.15) is 0 Å². The lowest BCUT2D eigenvalue weighted by molar-refractivity contribution is 0.0605. The van der Waals surface area contributed by atoms with Crippen LogP contribution in [0.3, 0.4) is 0 Å². The molecule has 0 saturated heterocycles. The smallest absolute Gasteiger partial charge is 0.350 e. The van der Waals surface area contributed by atoms with Crippen molar-refractivity contribution in [2.75, 3.05) is 12.4 Å². The monoisotopic (exact) mass is 304 g/mol. The summed E-state index contributed by atoms with van der Waals surface area (Å²) in [5, 5.41) is 3.08. The largest absolute Gasteiger partial charge is 0.465 e. The number of rotatable bonds is 4. The topological polar surface area (TPSA) is 68.3 Å². The van der Waals surface area contributed by atoms with Crippen LogP contribution >= 0.6 is 11.3 Å². The molecule has 0 aliphatic heterocycles. The molecule has 1 N–H and O–H groups in total. The SMILES string of the molecule is CCc1ccc(C(=O)Nc2nc(C)c(C(=O)OC)s2)cc1. The number of amides is 1. The Hall–Kier alpha value is -2.21. The highest BCUT2D eigenvalue weighted by molar-refractivity contribution is 7.17. The van der Waals surface area contributed by atoms with Gasteiger partial charge in [0.1, 0.15) is 4.88 Å². The number of aromatic nitrogens is 1. The number of anilines is 1. The second-order valence-electron chi connectivity index (χ2n) is 4.43. The van der Waals surface area contributed by atoms with Gasteiger partial charge in [-0.1, -0.05) is 30.4 Å². The normalized spacial score (nSPS) is 10.2. The van der Waals surface area contributed by atoms with E-state index < -0.39 is 5.97 Å². The van der Waals surface area contributed by atoms with Crippen LogP contribution in [-0.2, 0) is 11.2 Å². The van der Waals surface area contributed by atoms with Gasteiger partial charge in [-0.15, -0.1) is 0 Å². The van der Waals surface area contributed by atoms with Crippen LogP contribution in [0.4, 0.5) is 5.13 Å². The molecule has 0 aliphatic rings. The molecule has 5 nitrogen and oxygen atoms in total. The van der Waals surface area contributed by atoms with Gasteiger partial charge in [0, 0.05) is 5.56 Å². The summed E-state index contributed by atoms with van der Waals surface area (Å²) in [4.78, 5) is 28.2. The summed E-state index contributed by atoms with van der Waals surface area (Å²) in [6.07, 6.45) is 0.927. The summed E-state index contributed by atoms with van der Waals surface area (Å²) in [6.45, 7) is 3.76. The molecule has 2 rings (SSSR count). The number of esters is 1. The van der Waals surface area contributed by atoms with Crippen LogP contribution < -0.4 is 5.32 Å². The van der Waals surface area contributed by atoms with E-state index in [1.807, 2.05) is 12.1 Å². The Morgan fingerprint density at radius 2 is 1.95 bits per heavy atom. The molecule has 0 saturated carbocycles. The van der Waals surface area contributed by atoms with Crippen LogP contribution in [0.1, 0.15) is 38.2 Å². The van der Waals surface area contributed by atoms with Crippen LogP contribution in [0.15, 0.2) is 24.3 Å². The lowest BCUT2D eigenvalue weighted by Crippen LogP contribution is -2.11. The van der Waals surface area contributed by atoms with Crippen molar-refractivity contribution in [3.63, 3.8) is 0 Å². The van der Waals surface area contributed by atoms with Gasteiger partial charge >= 0.3 is 5.97 Å². The van der Waals surface area contributed by atoms with Gasteiger partial charge in [-0.3, -0.25) is 10.1 Å². The number of carbonyl (C=O) groups is 2. The summed E-state index contributed by atoms with van der Waals surface area (Å²) in [5.74, 6) is -0.694. The summed E-state index contributed by atoms with van der Waals surface area (Å²) in [7, 11) is 1.31. The van der Waals surface area contributed by atoms with E-state index in [0.29, 0.717) is 21.3 Å². The third-order valence-corrected chi connectivity index (χ3v) is 4.07. The van der Waals surface area contributed by atoms with E-state index in [1.165, 1.54) is 12.7 Å². The summed E-state index contributed by atoms with van der Waals surface area (Å²) < 4.78 is 4.66. The van der Waals surface area contributed by atoms with E-state index in [2.05, 4.69) is 22.0 Å². The molecule has 2 aromatic rings. The number of benzene rings is 1. The molecule has 1 amide bonds. The van der Waals surface area contributed by atoms with Crippen LogP contribution in [0.5, 0.6) is 0 Å². The van der Waals surface area contributed by atoms with E-state index in [4.69, 9.17) is 0 Å². The van der Waals surface area contributed by atoms with Crippen molar-refractivity contribution in [3.05, 3.63) is 46.0 Å². The average molecular weight is 304 g/mol. The average Bonchev–Trinajstić information content (AvgIpc) is 2.87. The van der Waals surface area contributed by atoms with Crippen LogP contribution in [0.2, 0.25) is 0 Å². The van der Waals surface area contributed by atoms with Crippen molar-refractivity contribution < 1.29 is 14.3 Å². The lowest BCUT2D eigenvalue weighted by atomic mass is 10.1. The minimum atomic E-state index is -0.446. The van der Waals surface area contributed by atoms with Crippen LogP contribution in [0, 0.1) is 6.92 Å². The maximum absolute atomic E-state index is 12.1. The highest BCUT2D eigenvalue weighted by Gasteiger charge is 2.17. The minimum absolute atomic E-state index is 0.247. The first-order valence-corrected chi connectivity index (χ1v) is 7.32. The molecule has 0 fully saturated rings. The highest BCUT2D eigenvalue weighted by atomic mass is 32.1. The van der Waals surface area contributed by atoms with Gasteiger partial charge in [-0.25, -0.2) is 9.78 Å². The number of nitrogens with zero attached hydrogens (tertiary/aromatic N) is 1. The van der Waals surface area contributed by atoms with Crippen LogP contribution in [0.25, 0.3) is 0 Å². The van der Waals surface area contributed by atoms with Gasteiger partial charge in [0.15, 0.2) is 5.13 Å². The predicted molar refractivity (Wildman–Crippen MR) is 82.0 cm³/mol. The Balaban J connectivity index is 2.13. The zero-order valence-corrected chi connectivity index (χ0v) is 12.9. The van der Waals surface area contributed by atoms with E-state index in [0.717, 1.165) is 17.8 Å². The van der Waals surface area contributed by atoms with Crippen molar-refractivity contribution in [1.29, 1.82) is 0 Å². The molecule has 0 aliphatic carbocycles. The van der Waals surface area contributed by atoms with E-state index >= 15 is 0 Å². The maximum Gasteiger partial charge on any atom is 0.350 e. The quantitative estimate of drug-likeness (QED) is 0.881. The number of ether oxygens (including phenoxy) is 1. The molecule has 0 bridgehead atoms. The van der Waals surface area contributed by atoms with Gasteiger partial charge in [0.2, 0.25) is 0 Å². The number of methoxy groups -OCH3 is 1. The Bertz CT molecular complexity index is 662. The zero-order chi connectivity index (χ0) is 15.4. The molecule has 1 heterocycles. The highest BCUT2D eigenvalue weighted by Crippen LogP contribution is 2.23. The second kappa shape index (κ2) is 6.49. The fraction of sp³-hybridized carbons (Fsp3) is 0.267. The van der Waals surface area contributed by atoms with E-state index in [9.17, 15) is 9.59 Å². The lowest BCUT2D eigenvalue weighted by Gasteiger charge is -2.02. The summed E-state index contributed by atoms with van der Waals surface area (Å²) in [5.41, 5.74) is 2.27. The first-order chi connectivity index (χ1) is 10.0. The molecule has 0 unspecified atom stereocenters. The number of hydrogen-bond acceptors (Lipinski definition) is 5. The summed E-state index contributed by atoms with van der Waals surface area (Å²) in [6, 6.07) is 7.38. The Labute approximate surface area is 127 Å².